The molecular formula is C19H17ClN2O3S2. The van der Waals surface area contributed by atoms with Crippen molar-refractivity contribution in [2.45, 2.75) is 17.9 Å². The first-order valence-corrected chi connectivity index (χ1v) is 10.5. The molecule has 0 N–H and O–H groups in total. The maximum Gasteiger partial charge on any atom is 0.325 e. The molecule has 0 spiro atoms. The molecule has 0 aliphatic carbocycles. The standard InChI is InChI=1S/C19H17ClN2O3S2/c1-25-18(24)11-22-15-8-7-14(26-2)10-16(15)27-19(22)21-17(23)9-12-3-5-13(20)6-4-12/h3-8,10H,9,11H2,1-2H3. The Balaban J connectivity index is 2.00. The fourth-order valence-corrected chi connectivity index (χ4v) is 4.26. The van der Waals surface area contributed by atoms with Crippen LogP contribution in [0.5, 0.6) is 0 Å². The summed E-state index contributed by atoms with van der Waals surface area (Å²) in [5.74, 6) is -0.678. The Morgan fingerprint density at radius 1 is 1.22 bits per heavy atom. The zero-order valence-electron chi connectivity index (χ0n) is 14.8. The quantitative estimate of drug-likeness (QED) is 0.463. The van der Waals surface area contributed by atoms with Gasteiger partial charge in [-0.15, -0.1) is 11.8 Å². The van der Waals surface area contributed by atoms with Gasteiger partial charge in [-0.1, -0.05) is 35.1 Å². The summed E-state index contributed by atoms with van der Waals surface area (Å²) in [7, 11) is 1.34. The van der Waals surface area contributed by atoms with Gasteiger partial charge in [-0.2, -0.15) is 4.99 Å². The lowest BCUT2D eigenvalue weighted by atomic mass is 10.1. The number of fused-ring (bicyclic) bond motifs is 1. The molecule has 0 saturated heterocycles. The van der Waals surface area contributed by atoms with Gasteiger partial charge in [-0.3, -0.25) is 9.59 Å². The summed E-state index contributed by atoms with van der Waals surface area (Å²) in [5, 5.41) is 0.619. The van der Waals surface area contributed by atoms with Crippen molar-refractivity contribution < 1.29 is 14.3 Å². The van der Waals surface area contributed by atoms with Crippen molar-refractivity contribution in [1.29, 1.82) is 0 Å². The summed E-state index contributed by atoms with van der Waals surface area (Å²) < 4.78 is 7.47. The van der Waals surface area contributed by atoms with E-state index in [2.05, 4.69) is 4.99 Å². The molecule has 0 aliphatic heterocycles. The van der Waals surface area contributed by atoms with Crippen molar-refractivity contribution >= 4 is 56.8 Å². The Bertz CT molecular complexity index is 1050. The molecule has 3 aromatic rings. The van der Waals surface area contributed by atoms with Crippen LogP contribution in [-0.2, 0) is 27.3 Å². The van der Waals surface area contributed by atoms with Crippen molar-refractivity contribution in [1.82, 2.24) is 4.57 Å². The lowest BCUT2D eigenvalue weighted by Crippen LogP contribution is -2.22. The monoisotopic (exact) mass is 420 g/mol. The predicted octanol–water partition coefficient (Wildman–Crippen LogP) is 3.92. The Morgan fingerprint density at radius 3 is 2.63 bits per heavy atom. The summed E-state index contributed by atoms with van der Waals surface area (Å²) in [6, 6.07) is 13.0. The Hall–Kier alpha value is -2.09. The number of hydrogen-bond acceptors (Lipinski definition) is 5. The number of rotatable bonds is 5. The average Bonchev–Trinajstić information content (AvgIpc) is 2.99. The van der Waals surface area contributed by atoms with Gasteiger partial charge in [0.05, 0.1) is 23.7 Å². The number of ether oxygens (including phenoxy) is 1. The van der Waals surface area contributed by atoms with E-state index in [0.717, 1.165) is 20.7 Å². The van der Waals surface area contributed by atoms with E-state index in [9.17, 15) is 9.59 Å². The molecule has 1 aromatic heterocycles. The SMILES string of the molecule is COC(=O)Cn1c(=NC(=O)Cc2ccc(Cl)cc2)sc2cc(SC)ccc21. The second-order valence-electron chi connectivity index (χ2n) is 5.69. The van der Waals surface area contributed by atoms with Crippen LogP contribution in [0.3, 0.4) is 0 Å². The summed E-state index contributed by atoms with van der Waals surface area (Å²) >= 11 is 8.89. The van der Waals surface area contributed by atoms with Crippen LogP contribution in [0.1, 0.15) is 5.56 Å². The van der Waals surface area contributed by atoms with Crippen LogP contribution in [0.4, 0.5) is 0 Å². The van der Waals surface area contributed by atoms with E-state index >= 15 is 0 Å². The molecule has 2 aromatic carbocycles. The van der Waals surface area contributed by atoms with E-state index in [1.165, 1.54) is 18.4 Å². The third-order valence-corrected chi connectivity index (χ3v) is 5.91. The normalized spacial score (nSPS) is 11.7. The topological polar surface area (TPSA) is 60.7 Å². The van der Waals surface area contributed by atoms with Gasteiger partial charge in [0.2, 0.25) is 0 Å². The van der Waals surface area contributed by atoms with Crippen LogP contribution in [0.15, 0.2) is 52.4 Å². The molecule has 27 heavy (non-hydrogen) atoms. The molecule has 140 valence electrons. The highest BCUT2D eigenvalue weighted by Gasteiger charge is 2.12. The number of thioether (sulfide) groups is 1. The Morgan fingerprint density at radius 2 is 1.96 bits per heavy atom. The van der Waals surface area contributed by atoms with E-state index in [1.54, 1.807) is 40.6 Å². The number of thiazole rings is 1. The lowest BCUT2D eigenvalue weighted by molar-refractivity contribution is -0.141. The highest BCUT2D eigenvalue weighted by molar-refractivity contribution is 7.98. The number of hydrogen-bond donors (Lipinski definition) is 0. The smallest absolute Gasteiger partial charge is 0.325 e. The average molecular weight is 421 g/mol. The van der Waals surface area contributed by atoms with Gasteiger partial charge in [0.15, 0.2) is 4.80 Å². The minimum absolute atomic E-state index is 0.00216. The van der Waals surface area contributed by atoms with E-state index in [-0.39, 0.29) is 18.9 Å². The summed E-state index contributed by atoms with van der Waals surface area (Å²) in [6.45, 7) is 0.00216. The van der Waals surface area contributed by atoms with E-state index in [4.69, 9.17) is 16.3 Å². The zero-order valence-corrected chi connectivity index (χ0v) is 17.2. The van der Waals surface area contributed by atoms with Gasteiger partial charge in [-0.05, 0) is 42.2 Å². The fraction of sp³-hybridized carbons (Fsp3) is 0.211. The van der Waals surface area contributed by atoms with E-state index in [0.29, 0.717) is 9.82 Å². The van der Waals surface area contributed by atoms with Gasteiger partial charge in [-0.25, -0.2) is 0 Å². The number of carbonyl (C=O) groups is 2. The van der Waals surface area contributed by atoms with Crippen molar-refractivity contribution in [3.05, 3.63) is 57.9 Å². The van der Waals surface area contributed by atoms with Crippen molar-refractivity contribution in [2.75, 3.05) is 13.4 Å². The van der Waals surface area contributed by atoms with Crippen LogP contribution in [0.25, 0.3) is 10.2 Å². The van der Waals surface area contributed by atoms with Crippen LogP contribution < -0.4 is 4.80 Å². The molecule has 0 fully saturated rings. The molecule has 0 unspecified atom stereocenters. The third kappa shape index (κ3) is 4.80. The van der Waals surface area contributed by atoms with Crippen LogP contribution in [0.2, 0.25) is 5.02 Å². The van der Waals surface area contributed by atoms with Crippen molar-refractivity contribution in [2.24, 2.45) is 4.99 Å². The maximum atomic E-state index is 12.4. The highest BCUT2D eigenvalue weighted by atomic mass is 35.5. The van der Waals surface area contributed by atoms with Crippen LogP contribution in [0, 0.1) is 0 Å². The largest absolute Gasteiger partial charge is 0.468 e. The van der Waals surface area contributed by atoms with Crippen LogP contribution in [-0.4, -0.2) is 29.8 Å². The Kier molecular flexibility index (Phi) is 6.36. The fourth-order valence-electron chi connectivity index (χ4n) is 2.54. The minimum Gasteiger partial charge on any atom is -0.468 e. The molecule has 1 amide bonds. The molecule has 8 heteroatoms. The minimum atomic E-state index is -0.393. The van der Waals surface area contributed by atoms with Gasteiger partial charge < -0.3 is 9.30 Å². The number of benzene rings is 2. The number of methoxy groups -OCH3 is 1. The second kappa shape index (κ2) is 8.73. The van der Waals surface area contributed by atoms with Crippen molar-refractivity contribution in [3.8, 4) is 0 Å². The lowest BCUT2D eigenvalue weighted by Gasteiger charge is -2.04. The Labute approximate surface area is 169 Å². The first-order valence-electron chi connectivity index (χ1n) is 8.06. The molecule has 1 heterocycles. The number of nitrogens with zero attached hydrogens (tertiary/aromatic N) is 2. The van der Waals surface area contributed by atoms with Crippen LogP contribution >= 0.6 is 34.7 Å². The molecule has 0 bridgehead atoms. The molecule has 0 radical (unpaired) electrons. The molecule has 0 saturated carbocycles. The first-order chi connectivity index (χ1) is 13.0. The van der Waals surface area contributed by atoms with E-state index in [1.807, 2.05) is 24.5 Å². The predicted molar refractivity (Wildman–Crippen MR) is 109 cm³/mol. The zero-order chi connectivity index (χ0) is 19.4. The number of esters is 1. The van der Waals surface area contributed by atoms with Gasteiger partial charge in [0.1, 0.15) is 6.54 Å². The summed E-state index contributed by atoms with van der Waals surface area (Å²) in [5.41, 5.74) is 1.68. The molecule has 3 rings (SSSR count). The second-order valence-corrected chi connectivity index (χ2v) is 8.01. The van der Waals surface area contributed by atoms with E-state index < -0.39 is 5.97 Å². The van der Waals surface area contributed by atoms with Crippen molar-refractivity contribution in [3.63, 3.8) is 0 Å². The number of amides is 1. The highest BCUT2D eigenvalue weighted by Crippen LogP contribution is 2.24. The van der Waals surface area contributed by atoms with Gasteiger partial charge in [0.25, 0.3) is 5.91 Å². The molecule has 0 aliphatic rings. The van der Waals surface area contributed by atoms with Gasteiger partial charge >= 0.3 is 5.97 Å². The summed E-state index contributed by atoms with van der Waals surface area (Å²) in [4.78, 5) is 30.1. The van der Waals surface area contributed by atoms with Gasteiger partial charge in [0, 0.05) is 9.92 Å². The molecule has 0 atom stereocenters. The number of halogens is 1. The number of carbonyl (C=O) groups excluding carboxylic acids is 2. The third-order valence-electron chi connectivity index (χ3n) is 3.89. The first kappa shape index (κ1) is 19.7. The summed E-state index contributed by atoms with van der Waals surface area (Å²) in [6.07, 6.45) is 2.16. The molecule has 5 nitrogen and oxygen atoms in total. The molecular weight excluding hydrogens is 404 g/mol. The number of aromatic nitrogens is 1. The maximum absolute atomic E-state index is 12.4.